The summed E-state index contributed by atoms with van der Waals surface area (Å²) < 4.78 is 14.4. The Balaban J connectivity index is 1.27. The zero-order valence-electron chi connectivity index (χ0n) is 25.0. The fourth-order valence-electron chi connectivity index (χ4n) is 6.01. The van der Waals surface area contributed by atoms with Gasteiger partial charge in [0, 0.05) is 61.3 Å². The van der Waals surface area contributed by atoms with Gasteiger partial charge in [0.15, 0.2) is 6.23 Å². The molecule has 0 aliphatic carbocycles. The summed E-state index contributed by atoms with van der Waals surface area (Å²) in [7, 11) is 0. The zero-order valence-corrected chi connectivity index (χ0v) is 26.6. The molecule has 9 nitrogen and oxygen atoms in total. The Hall–Kier alpha value is -3.50. The summed E-state index contributed by atoms with van der Waals surface area (Å²) in [6.45, 7) is 8.13. The van der Waals surface area contributed by atoms with Crippen LogP contribution in [0.2, 0.25) is 10.0 Å². The molecule has 0 saturated carbocycles. The van der Waals surface area contributed by atoms with Crippen molar-refractivity contribution in [2.24, 2.45) is 0 Å². The van der Waals surface area contributed by atoms with Crippen LogP contribution in [0.4, 0.5) is 0 Å². The molecule has 4 aromatic rings. The number of hydrogen-bond donors (Lipinski definition) is 1. The number of amides is 1. The van der Waals surface area contributed by atoms with E-state index >= 15 is 0 Å². The molecule has 2 aliphatic rings. The molecule has 6 rings (SSSR count). The van der Waals surface area contributed by atoms with E-state index in [4.69, 9.17) is 37.8 Å². The largest absolute Gasteiger partial charge is 0.486 e. The Bertz CT molecular complexity index is 1640. The number of fused-ring (bicyclic) bond motifs is 1. The van der Waals surface area contributed by atoms with Gasteiger partial charge in [-0.1, -0.05) is 35.3 Å². The van der Waals surface area contributed by atoms with Crippen LogP contribution in [0.5, 0.6) is 5.75 Å². The molecule has 2 saturated heterocycles. The molecule has 0 radical (unpaired) electrons. The first-order valence-electron chi connectivity index (χ1n) is 15.1. The van der Waals surface area contributed by atoms with Crippen LogP contribution in [-0.4, -0.2) is 62.3 Å². The summed E-state index contributed by atoms with van der Waals surface area (Å²) in [6.07, 6.45) is 11.3. The van der Waals surface area contributed by atoms with E-state index in [1.54, 1.807) is 24.7 Å². The van der Waals surface area contributed by atoms with Crippen LogP contribution in [0.3, 0.4) is 0 Å². The van der Waals surface area contributed by atoms with Gasteiger partial charge in [-0.05, 0) is 75.9 Å². The topological polar surface area (TPSA) is 94.4 Å². The van der Waals surface area contributed by atoms with Crippen molar-refractivity contribution in [2.75, 3.05) is 19.7 Å². The first-order chi connectivity index (χ1) is 21.3. The van der Waals surface area contributed by atoms with Crippen LogP contribution in [0, 0.1) is 0 Å². The lowest BCUT2D eigenvalue weighted by Crippen LogP contribution is -2.55. The van der Waals surface area contributed by atoms with Crippen LogP contribution in [0.15, 0.2) is 48.9 Å². The Morgan fingerprint density at radius 2 is 1.84 bits per heavy atom. The lowest BCUT2D eigenvalue weighted by Gasteiger charge is -2.35. The molecule has 0 bridgehead atoms. The van der Waals surface area contributed by atoms with Crippen molar-refractivity contribution in [2.45, 2.75) is 64.4 Å². The van der Waals surface area contributed by atoms with Crippen molar-refractivity contribution in [1.29, 1.82) is 0 Å². The number of piperazine rings is 1. The number of rotatable bonds is 7. The number of halogens is 2. The fourth-order valence-corrected chi connectivity index (χ4v) is 6.68. The number of carbonyl (C=O) groups is 1. The standard InChI is InChI=1S/C33H36Cl2N6O3/c1-20-18-40(19-21(2)38-20)33(42)29-11-8-23(15-37-29)7-10-28-25-14-24(44-22(3)32-26(34)16-36-17-27(32)35)9-12-30(25)41(39-28)31-6-4-5-13-43-31/h7-12,14-17,20-22,31,38H,4-6,13,18-19H2,1-3H3/b10-7+/t20-,21+,22-,31?/m1/s1. The molecule has 1 aromatic carbocycles. The highest BCUT2D eigenvalue weighted by molar-refractivity contribution is 6.35. The van der Waals surface area contributed by atoms with E-state index in [1.807, 2.05) is 52.9 Å². The van der Waals surface area contributed by atoms with Crippen molar-refractivity contribution in [3.05, 3.63) is 81.5 Å². The normalized spacial score (nSPS) is 21.6. The summed E-state index contributed by atoms with van der Waals surface area (Å²) in [5.41, 5.74) is 3.72. The van der Waals surface area contributed by atoms with Gasteiger partial charge < -0.3 is 19.7 Å². The number of carbonyl (C=O) groups excluding carboxylic acids is 1. The molecule has 1 unspecified atom stereocenters. The molecule has 2 fully saturated rings. The van der Waals surface area contributed by atoms with E-state index in [1.165, 1.54) is 0 Å². The third kappa shape index (κ3) is 6.61. The molecule has 1 N–H and O–H groups in total. The highest BCUT2D eigenvalue weighted by Crippen LogP contribution is 2.35. The summed E-state index contributed by atoms with van der Waals surface area (Å²) in [4.78, 5) is 23.5. The highest BCUT2D eigenvalue weighted by atomic mass is 35.5. The minimum Gasteiger partial charge on any atom is -0.486 e. The van der Waals surface area contributed by atoms with Gasteiger partial charge in [-0.2, -0.15) is 5.10 Å². The van der Waals surface area contributed by atoms with E-state index < -0.39 is 6.10 Å². The molecule has 0 spiro atoms. The molecule has 2 aliphatic heterocycles. The summed E-state index contributed by atoms with van der Waals surface area (Å²) in [5, 5.41) is 10.3. The predicted octanol–water partition coefficient (Wildman–Crippen LogP) is 6.97. The Morgan fingerprint density at radius 1 is 1.07 bits per heavy atom. The SMILES string of the molecule is C[C@@H]1CN(C(=O)c2ccc(/C=C/c3nn(C4CCCCO4)c4ccc(O[C@H](C)c5c(Cl)cncc5Cl)cc34)cn2)C[C@H](C)N1. The summed E-state index contributed by atoms with van der Waals surface area (Å²) >= 11 is 12.8. The third-order valence-electron chi connectivity index (χ3n) is 8.03. The maximum atomic E-state index is 13.1. The van der Waals surface area contributed by atoms with E-state index in [-0.39, 0.29) is 24.2 Å². The Morgan fingerprint density at radius 3 is 2.52 bits per heavy atom. The van der Waals surface area contributed by atoms with Gasteiger partial charge in [0.05, 0.1) is 21.3 Å². The number of ether oxygens (including phenoxy) is 2. The Labute approximate surface area is 267 Å². The highest BCUT2D eigenvalue weighted by Gasteiger charge is 2.26. The van der Waals surface area contributed by atoms with E-state index in [0.717, 1.165) is 41.4 Å². The fraction of sp³-hybridized carbons (Fsp3) is 0.394. The first-order valence-corrected chi connectivity index (χ1v) is 15.8. The maximum absolute atomic E-state index is 13.1. The van der Waals surface area contributed by atoms with Crippen molar-refractivity contribution < 1.29 is 14.3 Å². The second-order valence-electron chi connectivity index (χ2n) is 11.6. The molecule has 230 valence electrons. The van der Waals surface area contributed by atoms with Crippen molar-refractivity contribution in [3.8, 4) is 5.75 Å². The molecule has 4 atom stereocenters. The number of benzene rings is 1. The second kappa shape index (κ2) is 13.2. The lowest BCUT2D eigenvalue weighted by atomic mass is 10.1. The van der Waals surface area contributed by atoms with Gasteiger partial charge in [0.1, 0.15) is 17.5 Å². The minimum atomic E-state index is -0.397. The van der Waals surface area contributed by atoms with Crippen LogP contribution in [-0.2, 0) is 4.74 Å². The lowest BCUT2D eigenvalue weighted by molar-refractivity contribution is -0.0367. The summed E-state index contributed by atoms with van der Waals surface area (Å²) in [6, 6.07) is 10.1. The number of pyridine rings is 2. The minimum absolute atomic E-state index is 0.0472. The average Bonchev–Trinajstić information content (AvgIpc) is 3.37. The van der Waals surface area contributed by atoms with E-state index in [9.17, 15) is 4.79 Å². The van der Waals surface area contributed by atoms with Crippen LogP contribution < -0.4 is 10.1 Å². The average molecular weight is 636 g/mol. The number of nitrogens with zero attached hydrogens (tertiary/aromatic N) is 5. The predicted molar refractivity (Wildman–Crippen MR) is 173 cm³/mol. The Kier molecular flexibility index (Phi) is 9.18. The van der Waals surface area contributed by atoms with Crippen LogP contribution in [0.1, 0.15) is 79.7 Å². The van der Waals surface area contributed by atoms with E-state index in [2.05, 4.69) is 29.1 Å². The molecule has 11 heteroatoms. The van der Waals surface area contributed by atoms with Crippen molar-refractivity contribution >= 4 is 52.2 Å². The van der Waals surface area contributed by atoms with Gasteiger partial charge in [-0.15, -0.1) is 0 Å². The number of hydrogen-bond acceptors (Lipinski definition) is 7. The monoisotopic (exact) mass is 634 g/mol. The molecular formula is C33H36Cl2N6O3. The molecule has 5 heterocycles. The van der Waals surface area contributed by atoms with Crippen LogP contribution in [0.25, 0.3) is 23.1 Å². The molecule has 44 heavy (non-hydrogen) atoms. The van der Waals surface area contributed by atoms with Crippen molar-refractivity contribution in [3.63, 3.8) is 0 Å². The zero-order chi connectivity index (χ0) is 30.8. The van der Waals surface area contributed by atoms with Gasteiger partial charge in [0.2, 0.25) is 0 Å². The molecular weight excluding hydrogens is 599 g/mol. The maximum Gasteiger partial charge on any atom is 0.272 e. The van der Waals surface area contributed by atoms with Gasteiger partial charge in [0.25, 0.3) is 5.91 Å². The van der Waals surface area contributed by atoms with Crippen molar-refractivity contribution in [1.82, 2.24) is 30.0 Å². The second-order valence-corrected chi connectivity index (χ2v) is 12.4. The summed E-state index contributed by atoms with van der Waals surface area (Å²) in [5.74, 6) is 0.614. The van der Waals surface area contributed by atoms with Gasteiger partial charge >= 0.3 is 0 Å². The van der Waals surface area contributed by atoms with Gasteiger partial charge in [-0.25, -0.2) is 4.68 Å². The smallest absolute Gasteiger partial charge is 0.272 e. The van der Waals surface area contributed by atoms with E-state index in [0.29, 0.717) is 46.7 Å². The van der Waals surface area contributed by atoms with Crippen LogP contribution >= 0.6 is 23.2 Å². The quantitative estimate of drug-likeness (QED) is 0.235. The van der Waals surface area contributed by atoms with Gasteiger partial charge in [-0.3, -0.25) is 14.8 Å². The first kappa shape index (κ1) is 30.5. The number of aromatic nitrogens is 4. The number of nitrogens with one attached hydrogen (secondary N) is 1. The molecule has 1 amide bonds. The molecule has 3 aromatic heterocycles. The third-order valence-corrected chi connectivity index (χ3v) is 8.63.